The second kappa shape index (κ2) is 5.42. The van der Waals surface area contributed by atoms with E-state index in [9.17, 15) is 0 Å². The average Bonchev–Trinajstić information content (AvgIpc) is 2.80. The Labute approximate surface area is 111 Å². The summed E-state index contributed by atoms with van der Waals surface area (Å²) in [5.74, 6) is 0.684. The number of ether oxygens (including phenoxy) is 1. The molecule has 2 aromatic rings. The predicted octanol–water partition coefficient (Wildman–Crippen LogP) is 2.77. The number of aryl methyl sites for hydroxylation is 1. The maximum Gasteiger partial charge on any atom is 0.137 e. The first-order valence-electron chi connectivity index (χ1n) is 5.69. The molecule has 0 spiro atoms. The molecule has 0 aliphatic heterocycles. The van der Waals surface area contributed by atoms with Crippen LogP contribution in [-0.4, -0.2) is 24.4 Å². The van der Waals surface area contributed by atoms with Crippen molar-refractivity contribution in [3.8, 4) is 17.0 Å². The lowest BCUT2D eigenvalue weighted by atomic mass is 10.1. The molecule has 5 heteroatoms. The molecule has 2 N–H and O–H groups in total. The lowest BCUT2D eigenvalue weighted by Gasteiger charge is -2.08. The van der Waals surface area contributed by atoms with Crippen LogP contribution >= 0.6 is 11.6 Å². The molecule has 0 fully saturated rings. The van der Waals surface area contributed by atoms with Gasteiger partial charge in [-0.3, -0.25) is 5.10 Å². The number of rotatable bonds is 4. The second-order valence-corrected chi connectivity index (χ2v) is 4.52. The van der Waals surface area contributed by atoms with Crippen LogP contribution < -0.4 is 10.1 Å². The fourth-order valence-corrected chi connectivity index (χ4v) is 2.11. The van der Waals surface area contributed by atoms with Gasteiger partial charge in [0.2, 0.25) is 0 Å². The number of halogens is 1. The van der Waals surface area contributed by atoms with Crippen LogP contribution in [0.5, 0.6) is 5.75 Å². The van der Waals surface area contributed by atoms with E-state index < -0.39 is 0 Å². The first-order chi connectivity index (χ1) is 8.65. The lowest BCUT2D eigenvalue weighted by molar-refractivity contribution is 0.415. The van der Waals surface area contributed by atoms with Gasteiger partial charge in [0.25, 0.3) is 0 Å². The van der Waals surface area contributed by atoms with Crippen molar-refractivity contribution in [2.75, 3.05) is 14.2 Å². The van der Waals surface area contributed by atoms with Gasteiger partial charge in [-0.2, -0.15) is 5.10 Å². The monoisotopic (exact) mass is 265 g/mol. The van der Waals surface area contributed by atoms with Gasteiger partial charge in [0, 0.05) is 17.8 Å². The molecule has 4 nitrogen and oxygen atoms in total. The Kier molecular flexibility index (Phi) is 3.89. The molecule has 1 aromatic heterocycles. The van der Waals surface area contributed by atoms with Gasteiger partial charge < -0.3 is 10.1 Å². The van der Waals surface area contributed by atoms with Crippen molar-refractivity contribution in [1.29, 1.82) is 0 Å². The Bertz CT molecular complexity index is 551. The summed E-state index contributed by atoms with van der Waals surface area (Å²) in [4.78, 5) is 0. The van der Waals surface area contributed by atoms with Crippen molar-refractivity contribution in [3.63, 3.8) is 0 Å². The number of methoxy groups -OCH3 is 1. The molecule has 2 rings (SSSR count). The van der Waals surface area contributed by atoms with Crippen molar-refractivity contribution in [2.45, 2.75) is 13.5 Å². The van der Waals surface area contributed by atoms with E-state index in [0.717, 1.165) is 29.1 Å². The molecule has 0 radical (unpaired) electrons. The molecule has 0 unspecified atom stereocenters. The number of H-pyrrole nitrogens is 1. The van der Waals surface area contributed by atoms with Gasteiger partial charge in [-0.1, -0.05) is 11.6 Å². The van der Waals surface area contributed by atoms with Crippen molar-refractivity contribution in [1.82, 2.24) is 15.5 Å². The summed E-state index contributed by atoms with van der Waals surface area (Å²) in [6.45, 7) is 2.77. The fraction of sp³-hybridized carbons (Fsp3) is 0.308. The van der Waals surface area contributed by atoms with Crippen LogP contribution in [0.2, 0.25) is 5.02 Å². The van der Waals surface area contributed by atoms with Crippen LogP contribution in [0.3, 0.4) is 0 Å². The first kappa shape index (κ1) is 12.9. The molecule has 0 saturated carbocycles. The van der Waals surface area contributed by atoms with E-state index in [1.807, 2.05) is 32.2 Å². The lowest BCUT2D eigenvalue weighted by Crippen LogP contribution is -2.04. The second-order valence-electron chi connectivity index (χ2n) is 4.11. The number of hydrogen-bond acceptors (Lipinski definition) is 3. The molecule has 18 heavy (non-hydrogen) atoms. The highest BCUT2D eigenvalue weighted by Crippen LogP contribution is 2.32. The van der Waals surface area contributed by atoms with E-state index in [-0.39, 0.29) is 0 Å². The van der Waals surface area contributed by atoms with Gasteiger partial charge in [0.15, 0.2) is 0 Å². The summed E-state index contributed by atoms with van der Waals surface area (Å²) in [5, 5.41) is 11.0. The van der Waals surface area contributed by atoms with Crippen molar-refractivity contribution in [2.24, 2.45) is 0 Å². The topological polar surface area (TPSA) is 49.9 Å². The highest BCUT2D eigenvalue weighted by Gasteiger charge is 2.10. The zero-order valence-electron chi connectivity index (χ0n) is 10.7. The minimum Gasteiger partial charge on any atom is -0.495 e. The first-order valence-corrected chi connectivity index (χ1v) is 6.07. The average molecular weight is 266 g/mol. The van der Waals surface area contributed by atoms with Crippen LogP contribution in [0.25, 0.3) is 11.3 Å². The smallest absolute Gasteiger partial charge is 0.137 e. The number of hydrogen-bond donors (Lipinski definition) is 2. The summed E-state index contributed by atoms with van der Waals surface area (Å²) in [6.07, 6.45) is 0. The van der Waals surface area contributed by atoms with E-state index in [2.05, 4.69) is 15.5 Å². The number of aromatic nitrogens is 2. The minimum atomic E-state index is 0.594. The van der Waals surface area contributed by atoms with Gasteiger partial charge in [-0.05, 0) is 37.7 Å². The quantitative estimate of drug-likeness (QED) is 0.894. The van der Waals surface area contributed by atoms with Gasteiger partial charge in [-0.15, -0.1) is 0 Å². The van der Waals surface area contributed by atoms with Gasteiger partial charge in [0.1, 0.15) is 5.75 Å². The summed E-state index contributed by atoms with van der Waals surface area (Å²) in [7, 11) is 3.51. The third-order valence-electron chi connectivity index (χ3n) is 2.77. The largest absolute Gasteiger partial charge is 0.495 e. The standard InChI is InChI=1S/C13H16ClN3O/c1-8-4-13(18-3)11(14)6-10(8)12-5-9(7-15-2)16-17-12/h4-6,15H,7H2,1-3H3,(H,16,17). The van der Waals surface area contributed by atoms with E-state index in [4.69, 9.17) is 16.3 Å². The van der Waals surface area contributed by atoms with Crippen molar-refractivity contribution >= 4 is 11.6 Å². The van der Waals surface area contributed by atoms with Crippen molar-refractivity contribution < 1.29 is 4.74 Å². The highest BCUT2D eigenvalue weighted by molar-refractivity contribution is 6.32. The maximum absolute atomic E-state index is 6.14. The molecule has 0 aliphatic rings. The zero-order valence-corrected chi connectivity index (χ0v) is 11.4. The Balaban J connectivity index is 2.40. The van der Waals surface area contributed by atoms with Crippen LogP contribution in [0.15, 0.2) is 18.2 Å². The molecule has 1 aromatic carbocycles. The number of benzene rings is 1. The molecule has 0 aliphatic carbocycles. The molecule has 96 valence electrons. The summed E-state index contributed by atoms with van der Waals surface area (Å²) in [6, 6.07) is 5.82. The Hall–Kier alpha value is -1.52. The summed E-state index contributed by atoms with van der Waals surface area (Å²) >= 11 is 6.14. The van der Waals surface area contributed by atoms with Crippen LogP contribution in [0.4, 0.5) is 0 Å². The number of nitrogens with zero attached hydrogens (tertiary/aromatic N) is 1. The molecule has 0 saturated heterocycles. The molecule has 0 atom stereocenters. The minimum absolute atomic E-state index is 0.594. The Morgan fingerprint density at radius 2 is 2.17 bits per heavy atom. The van der Waals surface area contributed by atoms with E-state index in [0.29, 0.717) is 10.8 Å². The third kappa shape index (κ3) is 2.49. The predicted molar refractivity (Wildman–Crippen MR) is 73.1 cm³/mol. The SMILES string of the molecule is CNCc1cc(-c2cc(Cl)c(OC)cc2C)n[nH]1. The van der Waals surface area contributed by atoms with Gasteiger partial charge in [0.05, 0.1) is 17.8 Å². The highest BCUT2D eigenvalue weighted by atomic mass is 35.5. The van der Waals surface area contributed by atoms with Crippen LogP contribution in [0.1, 0.15) is 11.3 Å². The van der Waals surface area contributed by atoms with E-state index in [1.54, 1.807) is 7.11 Å². The molecule has 0 bridgehead atoms. The fourth-order valence-electron chi connectivity index (χ4n) is 1.87. The normalized spacial score (nSPS) is 10.7. The maximum atomic E-state index is 6.14. The molecular weight excluding hydrogens is 250 g/mol. The van der Waals surface area contributed by atoms with E-state index >= 15 is 0 Å². The number of nitrogens with one attached hydrogen (secondary N) is 2. The Morgan fingerprint density at radius 3 is 2.83 bits per heavy atom. The number of aromatic amines is 1. The van der Waals surface area contributed by atoms with Gasteiger partial charge >= 0.3 is 0 Å². The Morgan fingerprint density at radius 1 is 1.39 bits per heavy atom. The zero-order chi connectivity index (χ0) is 13.1. The van der Waals surface area contributed by atoms with Crippen LogP contribution in [0, 0.1) is 6.92 Å². The molecule has 1 heterocycles. The molecular formula is C13H16ClN3O. The van der Waals surface area contributed by atoms with Crippen LogP contribution in [-0.2, 0) is 6.54 Å². The summed E-state index contributed by atoms with van der Waals surface area (Å²) in [5.41, 5.74) is 4.03. The van der Waals surface area contributed by atoms with Gasteiger partial charge in [-0.25, -0.2) is 0 Å². The third-order valence-corrected chi connectivity index (χ3v) is 3.07. The van der Waals surface area contributed by atoms with E-state index in [1.165, 1.54) is 0 Å². The summed E-state index contributed by atoms with van der Waals surface area (Å²) < 4.78 is 5.19. The van der Waals surface area contributed by atoms with Crippen molar-refractivity contribution in [3.05, 3.63) is 34.5 Å². The molecule has 0 amide bonds.